The first-order chi connectivity index (χ1) is 7.97. The van der Waals surface area contributed by atoms with Crippen molar-refractivity contribution in [2.24, 2.45) is 11.5 Å². The Morgan fingerprint density at radius 1 is 1.35 bits per heavy atom. The zero-order valence-corrected chi connectivity index (χ0v) is 10.6. The van der Waals surface area contributed by atoms with E-state index in [1.54, 1.807) is 4.90 Å². The predicted molar refractivity (Wildman–Crippen MR) is 66.1 cm³/mol. The lowest BCUT2D eigenvalue weighted by molar-refractivity contribution is -0.137. The summed E-state index contributed by atoms with van der Waals surface area (Å²) < 4.78 is 0. The Bertz CT molecular complexity index is 287. The number of primary amides is 1. The number of carbonyl (C=O) groups is 2. The number of rotatable bonds is 7. The first-order valence-corrected chi connectivity index (χ1v) is 6.32. The maximum atomic E-state index is 12.0. The van der Waals surface area contributed by atoms with E-state index in [9.17, 15) is 9.59 Å². The highest BCUT2D eigenvalue weighted by Crippen LogP contribution is 2.32. The molecule has 5 heteroatoms. The van der Waals surface area contributed by atoms with Gasteiger partial charge >= 0.3 is 0 Å². The largest absolute Gasteiger partial charge is 0.368 e. The summed E-state index contributed by atoms with van der Waals surface area (Å²) in [5.74, 6) is -0.506. The van der Waals surface area contributed by atoms with E-state index in [4.69, 9.17) is 11.5 Å². The highest BCUT2D eigenvalue weighted by atomic mass is 16.2. The standard InChI is InChI=1S/C12H23N3O2/c1-2-3-7-15(9-10(13)16)11(17)8-12(14)5-4-6-12/h2-9,14H2,1H3,(H2,13,16). The van der Waals surface area contributed by atoms with Gasteiger partial charge in [0.25, 0.3) is 0 Å². The molecule has 0 spiro atoms. The summed E-state index contributed by atoms with van der Waals surface area (Å²) in [6, 6.07) is 0. The summed E-state index contributed by atoms with van der Waals surface area (Å²) in [5, 5.41) is 0. The maximum Gasteiger partial charge on any atom is 0.237 e. The van der Waals surface area contributed by atoms with Crippen LogP contribution in [0.25, 0.3) is 0 Å². The van der Waals surface area contributed by atoms with E-state index in [0.717, 1.165) is 32.1 Å². The minimum Gasteiger partial charge on any atom is -0.368 e. The van der Waals surface area contributed by atoms with E-state index in [-0.39, 0.29) is 18.0 Å². The number of amides is 2. The number of hydrogen-bond donors (Lipinski definition) is 2. The lowest BCUT2D eigenvalue weighted by atomic mass is 9.75. The van der Waals surface area contributed by atoms with Crippen molar-refractivity contribution >= 4 is 11.8 Å². The van der Waals surface area contributed by atoms with Crippen LogP contribution in [0.2, 0.25) is 0 Å². The third kappa shape index (κ3) is 4.34. The van der Waals surface area contributed by atoms with Gasteiger partial charge in [-0.3, -0.25) is 9.59 Å². The minimum atomic E-state index is -0.464. The topological polar surface area (TPSA) is 89.4 Å². The van der Waals surface area contributed by atoms with Crippen molar-refractivity contribution in [2.75, 3.05) is 13.1 Å². The van der Waals surface area contributed by atoms with Crippen LogP contribution in [0.15, 0.2) is 0 Å². The second kappa shape index (κ2) is 6.00. The van der Waals surface area contributed by atoms with Crippen molar-refractivity contribution in [3.63, 3.8) is 0 Å². The van der Waals surface area contributed by atoms with Gasteiger partial charge in [0, 0.05) is 18.5 Å². The predicted octanol–water partition coefficient (Wildman–Crippen LogP) is 0.372. The molecular weight excluding hydrogens is 218 g/mol. The average Bonchev–Trinajstić information content (AvgIpc) is 2.21. The molecule has 0 saturated heterocycles. The van der Waals surface area contributed by atoms with Gasteiger partial charge in [0.1, 0.15) is 0 Å². The quantitative estimate of drug-likeness (QED) is 0.675. The van der Waals surface area contributed by atoms with Gasteiger partial charge < -0.3 is 16.4 Å². The van der Waals surface area contributed by atoms with Gasteiger partial charge in [0.15, 0.2) is 0 Å². The monoisotopic (exact) mass is 241 g/mol. The van der Waals surface area contributed by atoms with Gasteiger partial charge in [-0.05, 0) is 25.7 Å². The van der Waals surface area contributed by atoms with Gasteiger partial charge in [0.05, 0.1) is 6.54 Å². The van der Waals surface area contributed by atoms with Crippen molar-refractivity contribution in [3.8, 4) is 0 Å². The smallest absolute Gasteiger partial charge is 0.237 e. The fraction of sp³-hybridized carbons (Fsp3) is 0.833. The van der Waals surface area contributed by atoms with Gasteiger partial charge in [-0.15, -0.1) is 0 Å². The van der Waals surface area contributed by atoms with Crippen LogP contribution in [-0.2, 0) is 9.59 Å². The molecule has 1 aliphatic carbocycles. The lowest BCUT2D eigenvalue weighted by Crippen LogP contribution is -2.51. The molecule has 5 nitrogen and oxygen atoms in total. The second-order valence-electron chi connectivity index (χ2n) is 5.03. The van der Waals surface area contributed by atoms with Crippen molar-refractivity contribution < 1.29 is 9.59 Å². The van der Waals surface area contributed by atoms with Gasteiger partial charge in [-0.25, -0.2) is 0 Å². The Hall–Kier alpha value is -1.10. The molecular formula is C12H23N3O2. The van der Waals surface area contributed by atoms with E-state index in [0.29, 0.717) is 13.0 Å². The summed E-state index contributed by atoms with van der Waals surface area (Å²) in [4.78, 5) is 24.5. The summed E-state index contributed by atoms with van der Waals surface area (Å²) in [6.07, 6.45) is 5.10. The molecule has 0 atom stereocenters. The van der Waals surface area contributed by atoms with Crippen molar-refractivity contribution in [3.05, 3.63) is 0 Å². The SMILES string of the molecule is CCCCN(CC(N)=O)C(=O)CC1(N)CCC1. The molecule has 1 aliphatic rings. The average molecular weight is 241 g/mol. The van der Waals surface area contributed by atoms with E-state index >= 15 is 0 Å². The normalized spacial score (nSPS) is 17.3. The molecule has 4 N–H and O–H groups in total. The molecule has 1 saturated carbocycles. The Labute approximate surface area is 103 Å². The van der Waals surface area contributed by atoms with Crippen molar-refractivity contribution in [1.82, 2.24) is 4.90 Å². The molecule has 0 heterocycles. The molecule has 0 aromatic carbocycles. The number of nitrogens with two attached hydrogens (primary N) is 2. The maximum absolute atomic E-state index is 12.0. The van der Waals surface area contributed by atoms with Crippen molar-refractivity contribution in [1.29, 1.82) is 0 Å². The molecule has 0 unspecified atom stereocenters. The number of unbranched alkanes of at least 4 members (excludes halogenated alkanes) is 1. The molecule has 0 radical (unpaired) electrons. The third-order valence-electron chi connectivity index (χ3n) is 3.33. The van der Waals surface area contributed by atoms with E-state index in [1.165, 1.54) is 0 Å². The van der Waals surface area contributed by atoms with Crippen LogP contribution < -0.4 is 11.5 Å². The lowest BCUT2D eigenvalue weighted by Gasteiger charge is -2.38. The molecule has 0 bridgehead atoms. The van der Waals surface area contributed by atoms with Crippen LogP contribution in [0.1, 0.15) is 45.4 Å². The molecule has 1 rings (SSSR count). The molecule has 2 amide bonds. The molecule has 0 aromatic heterocycles. The Kier molecular flexibility index (Phi) is 4.93. The summed E-state index contributed by atoms with van der Waals surface area (Å²) in [5.41, 5.74) is 10.9. The number of carbonyl (C=O) groups excluding carboxylic acids is 2. The Morgan fingerprint density at radius 2 is 2.00 bits per heavy atom. The minimum absolute atomic E-state index is 0.00884. The zero-order valence-electron chi connectivity index (χ0n) is 10.6. The number of hydrogen-bond acceptors (Lipinski definition) is 3. The molecule has 17 heavy (non-hydrogen) atoms. The van der Waals surface area contributed by atoms with Crippen molar-refractivity contribution in [2.45, 2.75) is 51.0 Å². The van der Waals surface area contributed by atoms with Crippen LogP contribution >= 0.6 is 0 Å². The highest BCUT2D eigenvalue weighted by molar-refractivity contribution is 5.84. The molecule has 0 aromatic rings. The van der Waals surface area contributed by atoms with Crippen LogP contribution in [0.3, 0.4) is 0 Å². The van der Waals surface area contributed by atoms with Gasteiger partial charge in [-0.2, -0.15) is 0 Å². The zero-order chi connectivity index (χ0) is 12.9. The Balaban J connectivity index is 2.48. The van der Waals surface area contributed by atoms with Crippen LogP contribution in [-0.4, -0.2) is 35.3 Å². The van der Waals surface area contributed by atoms with E-state index < -0.39 is 5.91 Å². The van der Waals surface area contributed by atoms with Crippen LogP contribution in [0, 0.1) is 0 Å². The third-order valence-corrected chi connectivity index (χ3v) is 3.33. The molecule has 1 fully saturated rings. The fourth-order valence-corrected chi connectivity index (χ4v) is 2.05. The summed E-state index contributed by atoms with van der Waals surface area (Å²) >= 11 is 0. The summed E-state index contributed by atoms with van der Waals surface area (Å²) in [7, 11) is 0. The van der Waals surface area contributed by atoms with Gasteiger partial charge in [-0.1, -0.05) is 13.3 Å². The fourth-order valence-electron chi connectivity index (χ4n) is 2.05. The molecule has 98 valence electrons. The Morgan fingerprint density at radius 3 is 2.41 bits per heavy atom. The van der Waals surface area contributed by atoms with E-state index in [2.05, 4.69) is 0 Å². The first-order valence-electron chi connectivity index (χ1n) is 6.32. The van der Waals surface area contributed by atoms with Gasteiger partial charge in [0.2, 0.25) is 11.8 Å². The highest BCUT2D eigenvalue weighted by Gasteiger charge is 2.36. The number of nitrogens with zero attached hydrogens (tertiary/aromatic N) is 1. The van der Waals surface area contributed by atoms with Crippen LogP contribution in [0.4, 0.5) is 0 Å². The van der Waals surface area contributed by atoms with Crippen LogP contribution in [0.5, 0.6) is 0 Å². The summed E-state index contributed by atoms with van der Waals surface area (Å²) in [6.45, 7) is 2.65. The van der Waals surface area contributed by atoms with E-state index in [1.807, 2.05) is 6.92 Å². The molecule has 0 aliphatic heterocycles. The first kappa shape index (κ1) is 14.0. The second-order valence-corrected chi connectivity index (χ2v) is 5.03.